The Bertz CT molecular complexity index is 640. The average Bonchev–Trinajstić information content (AvgIpc) is 2.74. The number of aliphatic imine (C=N–C) groups is 1. The van der Waals surface area contributed by atoms with Crippen LogP contribution in [0, 0.1) is 0 Å². The van der Waals surface area contributed by atoms with Crippen molar-refractivity contribution < 1.29 is 4.74 Å². The number of ether oxygens (including phenoxy) is 1. The molecule has 7 heteroatoms. The van der Waals surface area contributed by atoms with Crippen LogP contribution in [0.1, 0.15) is 58.6 Å². The molecule has 1 saturated heterocycles. The molecule has 0 saturated carbocycles. The first-order valence-electron chi connectivity index (χ1n) is 12.1. The molecule has 0 radical (unpaired) electrons. The minimum atomic E-state index is 0. The second-order valence-corrected chi connectivity index (χ2v) is 8.91. The number of nitrogens with zero attached hydrogens (tertiary/aromatic N) is 3. The van der Waals surface area contributed by atoms with Crippen LogP contribution in [-0.4, -0.2) is 73.8 Å². The van der Waals surface area contributed by atoms with Gasteiger partial charge in [0.05, 0.1) is 12.2 Å². The smallest absolute Gasteiger partial charge is 0.191 e. The van der Waals surface area contributed by atoms with Crippen LogP contribution < -0.4 is 10.6 Å². The molecule has 184 valence electrons. The van der Waals surface area contributed by atoms with E-state index in [9.17, 15) is 0 Å². The van der Waals surface area contributed by atoms with Crippen LogP contribution in [0.3, 0.4) is 0 Å². The van der Waals surface area contributed by atoms with Crippen molar-refractivity contribution in [1.82, 2.24) is 20.4 Å². The fourth-order valence-electron chi connectivity index (χ4n) is 4.28. The van der Waals surface area contributed by atoms with Gasteiger partial charge >= 0.3 is 0 Å². The summed E-state index contributed by atoms with van der Waals surface area (Å²) in [5.41, 5.74) is 2.62. The molecule has 1 aliphatic rings. The van der Waals surface area contributed by atoms with Crippen LogP contribution in [0.5, 0.6) is 0 Å². The highest BCUT2D eigenvalue weighted by molar-refractivity contribution is 14.0. The van der Waals surface area contributed by atoms with Gasteiger partial charge in [0.15, 0.2) is 5.96 Å². The van der Waals surface area contributed by atoms with Crippen LogP contribution in [0.15, 0.2) is 29.3 Å². The lowest BCUT2D eigenvalue weighted by atomic mass is 10.1. The van der Waals surface area contributed by atoms with E-state index in [0.29, 0.717) is 18.2 Å². The fourth-order valence-corrected chi connectivity index (χ4v) is 4.28. The van der Waals surface area contributed by atoms with Gasteiger partial charge in [-0.25, -0.2) is 0 Å². The van der Waals surface area contributed by atoms with E-state index >= 15 is 0 Å². The Morgan fingerprint density at radius 2 is 1.72 bits per heavy atom. The lowest BCUT2D eigenvalue weighted by Gasteiger charge is -2.35. The average molecular weight is 560 g/mol. The second-order valence-electron chi connectivity index (χ2n) is 8.91. The fraction of sp³-hybridized carbons (Fsp3) is 0.720. The maximum absolute atomic E-state index is 5.84. The maximum atomic E-state index is 5.84. The molecule has 2 rings (SSSR count). The molecule has 1 heterocycles. The molecule has 1 aromatic rings. The number of rotatable bonds is 11. The molecule has 6 nitrogen and oxygen atoms in total. The molecule has 0 spiro atoms. The van der Waals surface area contributed by atoms with E-state index in [2.05, 4.69) is 84.3 Å². The number of nitrogens with one attached hydrogen (secondary N) is 2. The van der Waals surface area contributed by atoms with Crippen molar-refractivity contribution in [1.29, 1.82) is 0 Å². The van der Waals surface area contributed by atoms with E-state index < -0.39 is 0 Å². The van der Waals surface area contributed by atoms with Crippen LogP contribution in [0.4, 0.5) is 0 Å². The molecular weight excluding hydrogens is 513 g/mol. The summed E-state index contributed by atoms with van der Waals surface area (Å²) < 4.78 is 5.84. The highest BCUT2D eigenvalue weighted by atomic mass is 127. The Morgan fingerprint density at radius 1 is 1.12 bits per heavy atom. The molecule has 3 atom stereocenters. The van der Waals surface area contributed by atoms with Gasteiger partial charge in [-0.05, 0) is 64.4 Å². The zero-order valence-corrected chi connectivity index (χ0v) is 23.4. The Hall–Kier alpha value is -0.900. The molecule has 0 aliphatic carbocycles. The van der Waals surface area contributed by atoms with Gasteiger partial charge in [-0.3, -0.25) is 9.89 Å². The molecule has 32 heavy (non-hydrogen) atoms. The third-order valence-corrected chi connectivity index (χ3v) is 6.00. The lowest BCUT2D eigenvalue weighted by molar-refractivity contribution is -0.0704. The zero-order valence-electron chi connectivity index (χ0n) is 21.1. The van der Waals surface area contributed by atoms with Crippen molar-refractivity contribution in [3.8, 4) is 0 Å². The number of guanidine groups is 1. The standard InChI is InChI=1S/C25H45N5O.HI/c1-7-29(8-2)15-9-10-20(3)28-25(26-6)27-16-23-11-13-24(14-12-23)19-30-17-21(4)31-22(5)18-30;/h11-14,20-22H,7-10,15-19H2,1-6H3,(H2,26,27,28);1H. The summed E-state index contributed by atoms with van der Waals surface area (Å²) >= 11 is 0. The normalized spacial score (nSPS) is 20.7. The van der Waals surface area contributed by atoms with Gasteiger partial charge in [-0.2, -0.15) is 0 Å². The Balaban J connectivity index is 0.00000512. The van der Waals surface area contributed by atoms with Crippen LogP contribution in [-0.2, 0) is 17.8 Å². The first kappa shape index (κ1) is 29.1. The summed E-state index contributed by atoms with van der Waals surface area (Å²) in [4.78, 5) is 9.35. The molecule has 0 amide bonds. The van der Waals surface area contributed by atoms with E-state index in [1.54, 1.807) is 0 Å². The second kappa shape index (κ2) is 15.9. The molecular formula is C25H46IN5O. The van der Waals surface area contributed by atoms with E-state index in [-0.39, 0.29) is 24.0 Å². The predicted molar refractivity (Wildman–Crippen MR) is 147 cm³/mol. The molecule has 1 fully saturated rings. The Morgan fingerprint density at radius 3 is 2.28 bits per heavy atom. The van der Waals surface area contributed by atoms with Crippen molar-refractivity contribution in [2.75, 3.05) is 39.8 Å². The summed E-state index contributed by atoms with van der Waals surface area (Å²) in [6, 6.07) is 9.33. The van der Waals surface area contributed by atoms with E-state index in [1.807, 2.05) is 7.05 Å². The summed E-state index contributed by atoms with van der Waals surface area (Å²) in [6.45, 7) is 18.2. The first-order valence-corrected chi connectivity index (χ1v) is 12.1. The molecule has 0 bridgehead atoms. The van der Waals surface area contributed by atoms with Crippen LogP contribution >= 0.6 is 24.0 Å². The first-order chi connectivity index (χ1) is 14.9. The number of morpholine rings is 1. The quantitative estimate of drug-likeness (QED) is 0.243. The number of benzene rings is 1. The minimum absolute atomic E-state index is 0. The number of halogens is 1. The Kier molecular flexibility index (Phi) is 14.4. The van der Waals surface area contributed by atoms with Crippen LogP contribution in [0.2, 0.25) is 0 Å². The highest BCUT2D eigenvalue weighted by Crippen LogP contribution is 2.14. The molecule has 1 aromatic carbocycles. The molecule has 3 unspecified atom stereocenters. The van der Waals surface area contributed by atoms with Gasteiger partial charge in [0.2, 0.25) is 0 Å². The Labute approximate surface area is 213 Å². The van der Waals surface area contributed by atoms with Crippen LogP contribution in [0.25, 0.3) is 0 Å². The predicted octanol–water partition coefficient (Wildman–Crippen LogP) is 4.09. The van der Waals surface area contributed by atoms with Crippen molar-refractivity contribution >= 4 is 29.9 Å². The SMILES string of the molecule is CCN(CC)CCCC(C)NC(=NC)NCc1ccc(CN2CC(C)OC(C)C2)cc1.I. The summed E-state index contributed by atoms with van der Waals surface area (Å²) in [5.74, 6) is 0.871. The lowest BCUT2D eigenvalue weighted by Crippen LogP contribution is -2.44. The van der Waals surface area contributed by atoms with Crippen molar-refractivity contribution in [3.05, 3.63) is 35.4 Å². The summed E-state index contributed by atoms with van der Waals surface area (Å²) in [5, 5.41) is 6.97. The minimum Gasteiger partial charge on any atom is -0.373 e. The number of hydrogen-bond donors (Lipinski definition) is 2. The van der Waals surface area contributed by atoms with Gasteiger partial charge in [-0.1, -0.05) is 38.1 Å². The number of hydrogen-bond acceptors (Lipinski definition) is 4. The van der Waals surface area contributed by atoms with Gasteiger partial charge < -0.3 is 20.3 Å². The molecule has 2 N–H and O–H groups in total. The van der Waals surface area contributed by atoms with Gasteiger partial charge in [0.1, 0.15) is 0 Å². The van der Waals surface area contributed by atoms with Crippen molar-refractivity contribution in [2.45, 2.75) is 78.8 Å². The summed E-state index contributed by atoms with van der Waals surface area (Å²) in [7, 11) is 1.84. The third kappa shape index (κ3) is 10.8. The van der Waals surface area contributed by atoms with Gasteiger partial charge in [-0.15, -0.1) is 24.0 Å². The molecule has 1 aliphatic heterocycles. The van der Waals surface area contributed by atoms with Crippen molar-refractivity contribution in [3.63, 3.8) is 0 Å². The van der Waals surface area contributed by atoms with E-state index in [0.717, 1.165) is 51.6 Å². The monoisotopic (exact) mass is 559 g/mol. The third-order valence-electron chi connectivity index (χ3n) is 6.00. The van der Waals surface area contributed by atoms with Gasteiger partial charge in [0.25, 0.3) is 0 Å². The maximum Gasteiger partial charge on any atom is 0.191 e. The summed E-state index contributed by atoms with van der Waals surface area (Å²) in [6.07, 6.45) is 2.97. The van der Waals surface area contributed by atoms with Crippen molar-refractivity contribution in [2.24, 2.45) is 4.99 Å². The topological polar surface area (TPSA) is 52.1 Å². The largest absolute Gasteiger partial charge is 0.373 e. The zero-order chi connectivity index (χ0) is 22.6. The van der Waals surface area contributed by atoms with E-state index in [1.165, 1.54) is 24.1 Å². The molecule has 0 aromatic heterocycles. The van der Waals surface area contributed by atoms with Gasteiger partial charge in [0, 0.05) is 39.3 Å². The van der Waals surface area contributed by atoms with E-state index in [4.69, 9.17) is 4.74 Å². The highest BCUT2D eigenvalue weighted by Gasteiger charge is 2.21.